The van der Waals surface area contributed by atoms with Crippen LogP contribution in [0.3, 0.4) is 0 Å². The first-order chi connectivity index (χ1) is 14.6. The summed E-state index contributed by atoms with van der Waals surface area (Å²) in [7, 11) is 0. The molecule has 2 saturated heterocycles. The van der Waals surface area contributed by atoms with Crippen molar-refractivity contribution in [2.24, 2.45) is 5.41 Å². The summed E-state index contributed by atoms with van der Waals surface area (Å²) in [6.45, 7) is 9.61. The first-order valence-electron chi connectivity index (χ1n) is 10.5. The van der Waals surface area contributed by atoms with Crippen molar-refractivity contribution in [1.82, 2.24) is 30.8 Å². The van der Waals surface area contributed by atoms with E-state index in [1.165, 1.54) is 6.07 Å². The van der Waals surface area contributed by atoms with Gasteiger partial charge in [-0.15, -0.1) is 5.10 Å². The molecule has 1 spiro atoms. The average molecular weight is 495 g/mol. The zero-order valence-corrected chi connectivity index (χ0v) is 19.8. The van der Waals surface area contributed by atoms with Gasteiger partial charge in [-0.1, -0.05) is 22.0 Å². The van der Waals surface area contributed by atoms with Crippen LogP contribution in [0.25, 0.3) is 0 Å². The Morgan fingerprint density at radius 2 is 2.06 bits per heavy atom. The van der Waals surface area contributed by atoms with Crippen LogP contribution in [0, 0.1) is 18.2 Å². The number of ether oxygens (including phenoxy) is 1. The number of nitrogens with zero attached hydrogens (tertiary/aromatic N) is 4. The number of nitrogens with one attached hydrogen (secondary N) is 2. The van der Waals surface area contributed by atoms with E-state index < -0.39 is 23.4 Å². The van der Waals surface area contributed by atoms with Crippen LogP contribution in [0.15, 0.2) is 16.6 Å². The van der Waals surface area contributed by atoms with Crippen molar-refractivity contribution in [3.05, 3.63) is 39.4 Å². The van der Waals surface area contributed by atoms with E-state index in [9.17, 15) is 4.79 Å². The number of tetrazole rings is 1. The van der Waals surface area contributed by atoms with Crippen molar-refractivity contribution >= 4 is 21.8 Å². The van der Waals surface area contributed by atoms with Crippen LogP contribution >= 0.6 is 15.9 Å². The van der Waals surface area contributed by atoms with Gasteiger partial charge in [-0.05, 0) is 62.6 Å². The quantitative estimate of drug-likeness (QED) is 0.678. The van der Waals surface area contributed by atoms with E-state index in [-0.39, 0.29) is 11.3 Å². The maximum absolute atomic E-state index is 15.2. The van der Waals surface area contributed by atoms with Crippen LogP contribution in [0.2, 0.25) is 0 Å². The highest BCUT2D eigenvalue weighted by molar-refractivity contribution is 9.10. The molecule has 10 heteroatoms. The molecule has 31 heavy (non-hydrogen) atoms. The normalized spacial score (nSPS) is 22.0. The fourth-order valence-corrected chi connectivity index (χ4v) is 5.04. The zero-order chi connectivity index (χ0) is 22.4. The minimum absolute atomic E-state index is 0.0918. The van der Waals surface area contributed by atoms with E-state index in [4.69, 9.17) is 4.74 Å². The molecule has 0 aliphatic carbocycles. The fraction of sp³-hybridized carbons (Fsp3) is 0.619. The van der Waals surface area contributed by atoms with Gasteiger partial charge in [-0.2, -0.15) is 0 Å². The highest BCUT2D eigenvalue weighted by Gasteiger charge is 2.50. The molecule has 1 aromatic heterocycles. The molecule has 0 bridgehead atoms. The molecule has 1 amide bonds. The van der Waals surface area contributed by atoms with Crippen LogP contribution in [-0.4, -0.2) is 51.9 Å². The van der Waals surface area contributed by atoms with Gasteiger partial charge in [0.1, 0.15) is 5.82 Å². The second kappa shape index (κ2) is 8.22. The van der Waals surface area contributed by atoms with Crippen molar-refractivity contribution in [1.29, 1.82) is 0 Å². The molecule has 4 rings (SSSR count). The van der Waals surface area contributed by atoms with E-state index in [0.717, 1.165) is 18.4 Å². The molecular formula is C21H28BrFN6O2. The topological polar surface area (TPSA) is 94.0 Å². The van der Waals surface area contributed by atoms with Gasteiger partial charge < -0.3 is 10.1 Å². The van der Waals surface area contributed by atoms with Gasteiger partial charge in [0.2, 0.25) is 5.91 Å². The van der Waals surface area contributed by atoms with Crippen LogP contribution in [0.1, 0.15) is 56.6 Å². The van der Waals surface area contributed by atoms with Gasteiger partial charge in [-0.25, -0.2) is 9.07 Å². The number of carbonyl (C=O) groups excluding carboxylic acids is 1. The molecule has 0 saturated carbocycles. The van der Waals surface area contributed by atoms with Crippen LogP contribution in [0.4, 0.5) is 4.39 Å². The van der Waals surface area contributed by atoms with Gasteiger partial charge in [-0.3, -0.25) is 10.1 Å². The minimum atomic E-state index is -0.725. The summed E-state index contributed by atoms with van der Waals surface area (Å²) in [4.78, 5) is 12.9. The van der Waals surface area contributed by atoms with Crippen molar-refractivity contribution in [2.75, 3.05) is 19.8 Å². The highest BCUT2D eigenvalue weighted by atomic mass is 79.9. The predicted octanol–water partition coefficient (Wildman–Crippen LogP) is 2.61. The lowest BCUT2D eigenvalue weighted by Gasteiger charge is -2.38. The van der Waals surface area contributed by atoms with Crippen molar-refractivity contribution in [3.63, 3.8) is 0 Å². The Bertz CT molecular complexity index is 983. The monoisotopic (exact) mass is 494 g/mol. The van der Waals surface area contributed by atoms with Crippen LogP contribution < -0.4 is 10.6 Å². The highest BCUT2D eigenvalue weighted by Crippen LogP contribution is 2.40. The molecule has 2 N–H and O–H groups in total. The third-order valence-corrected chi connectivity index (χ3v) is 7.36. The largest absolute Gasteiger partial charge is 0.381 e. The summed E-state index contributed by atoms with van der Waals surface area (Å²) in [6, 6.07) is 1.92. The molecule has 2 atom stereocenters. The lowest BCUT2D eigenvalue weighted by atomic mass is 9.75. The molecule has 168 valence electrons. The van der Waals surface area contributed by atoms with Crippen LogP contribution in [0.5, 0.6) is 0 Å². The number of carbonyl (C=O) groups is 1. The molecule has 3 heterocycles. The third kappa shape index (κ3) is 4.01. The van der Waals surface area contributed by atoms with Crippen molar-refractivity contribution in [2.45, 2.75) is 58.2 Å². The SMILES string of the molecule is Cc1ccc(F)c(C(NC2C(=O)NCC23CCOCC3)c2nnnn2C(C)(C)C)c1Br. The Morgan fingerprint density at radius 3 is 2.74 bits per heavy atom. The lowest BCUT2D eigenvalue weighted by molar-refractivity contribution is -0.122. The fourth-order valence-electron chi connectivity index (χ4n) is 4.49. The zero-order valence-electron chi connectivity index (χ0n) is 18.2. The van der Waals surface area contributed by atoms with E-state index in [2.05, 4.69) is 42.1 Å². The van der Waals surface area contributed by atoms with E-state index >= 15 is 4.39 Å². The van der Waals surface area contributed by atoms with Crippen LogP contribution in [-0.2, 0) is 15.1 Å². The molecule has 2 unspecified atom stereocenters. The van der Waals surface area contributed by atoms with Gasteiger partial charge in [0.25, 0.3) is 0 Å². The number of hydrogen-bond acceptors (Lipinski definition) is 6. The second-order valence-corrected chi connectivity index (χ2v) is 10.2. The molecule has 1 aromatic carbocycles. The van der Waals surface area contributed by atoms with Crippen molar-refractivity contribution < 1.29 is 13.9 Å². The molecule has 2 fully saturated rings. The minimum Gasteiger partial charge on any atom is -0.381 e. The van der Waals surface area contributed by atoms with E-state index in [1.54, 1.807) is 10.7 Å². The number of amides is 1. The molecule has 2 aliphatic heterocycles. The predicted molar refractivity (Wildman–Crippen MR) is 116 cm³/mol. The summed E-state index contributed by atoms with van der Waals surface area (Å²) in [5, 5.41) is 18.8. The molecule has 2 aromatic rings. The Balaban J connectivity index is 1.84. The second-order valence-electron chi connectivity index (χ2n) is 9.44. The maximum Gasteiger partial charge on any atom is 0.237 e. The lowest BCUT2D eigenvalue weighted by Crippen LogP contribution is -2.51. The Hall–Kier alpha value is -1.91. The number of benzene rings is 1. The Morgan fingerprint density at radius 1 is 1.35 bits per heavy atom. The summed E-state index contributed by atoms with van der Waals surface area (Å²) < 4.78 is 23.1. The van der Waals surface area contributed by atoms with Gasteiger partial charge in [0.15, 0.2) is 5.82 Å². The van der Waals surface area contributed by atoms with Gasteiger partial charge >= 0.3 is 0 Å². The Labute approximate surface area is 189 Å². The molecule has 2 aliphatic rings. The van der Waals surface area contributed by atoms with E-state index in [1.807, 2.05) is 27.7 Å². The number of halogens is 2. The standard InChI is InChI=1S/C21H28BrFN6O2/c1-12-5-6-13(23)14(15(12)22)16(18-26-27-28-29(18)20(2,3)4)25-17-19(30)24-11-21(17)7-9-31-10-8-21/h5-6,16-17,25H,7-11H2,1-4H3,(H,24,30). The summed E-state index contributed by atoms with van der Waals surface area (Å²) in [5.41, 5.74) is 0.553. The van der Waals surface area contributed by atoms with Crippen molar-refractivity contribution in [3.8, 4) is 0 Å². The number of rotatable bonds is 4. The number of aryl methyl sites for hydroxylation is 1. The Kier molecular flexibility index (Phi) is 5.91. The van der Waals surface area contributed by atoms with Gasteiger partial charge in [0, 0.05) is 35.2 Å². The maximum atomic E-state index is 15.2. The summed E-state index contributed by atoms with van der Waals surface area (Å²) >= 11 is 3.57. The third-order valence-electron chi connectivity index (χ3n) is 6.31. The molecular weight excluding hydrogens is 467 g/mol. The summed E-state index contributed by atoms with van der Waals surface area (Å²) in [6.07, 6.45) is 1.50. The number of aromatic nitrogens is 4. The number of hydrogen-bond donors (Lipinski definition) is 2. The van der Waals surface area contributed by atoms with Gasteiger partial charge in [0.05, 0.1) is 17.6 Å². The first-order valence-corrected chi connectivity index (χ1v) is 11.3. The average Bonchev–Trinajstić information content (AvgIpc) is 3.32. The first kappa shape index (κ1) is 22.3. The molecule has 0 radical (unpaired) electrons. The smallest absolute Gasteiger partial charge is 0.237 e. The molecule has 8 nitrogen and oxygen atoms in total. The van der Waals surface area contributed by atoms with E-state index in [0.29, 0.717) is 35.6 Å². The summed E-state index contributed by atoms with van der Waals surface area (Å²) in [5.74, 6) is -0.0247.